The van der Waals surface area contributed by atoms with Gasteiger partial charge in [0.25, 0.3) is 0 Å². The lowest BCUT2D eigenvalue weighted by molar-refractivity contribution is 0.901. The molecule has 2 aromatic heterocycles. The van der Waals surface area contributed by atoms with Crippen LogP contribution < -0.4 is 0 Å². The van der Waals surface area contributed by atoms with Crippen molar-refractivity contribution in [3.05, 3.63) is 21.9 Å². The first-order valence-electron chi connectivity index (χ1n) is 5.23. The van der Waals surface area contributed by atoms with E-state index in [9.17, 15) is 0 Å². The van der Waals surface area contributed by atoms with Crippen LogP contribution >= 0.6 is 23.1 Å². The first kappa shape index (κ1) is 11.6. The van der Waals surface area contributed by atoms with Crippen LogP contribution in [0.25, 0.3) is 0 Å². The van der Waals surface area contributed by atoms with Crippen molar-refractivity contribution in [2.24, 2.45) is 0 Å². The fraction of sp³-hybridized carbons (Fsp3) is 0.500. The predicted octanol–water partition coefficient (Wildman–Crippen LogP) is 2.81. The number of H-pyrrole nitrogens is 1. The smallest absolute Gasteiger partial charge is 0.208 e. The molecule has 0 aliphatic rings. The average Bonchev–Trinajstić information content (AvgIpc) is 2.85. The summed E-state index contributed by atoms with van der Waals surface area (Å²) in [6.45, 7) is 4.07. The van der Waals surface area contributed by atoms with E-state index in [0.717, 1.165) is 35.3 Å². The number of hydrogen-bond donors (Lipinski definition) is 1. The molecule has 0 aromatic carbocycles. The van der Waals surface area contributed by atoms with Gasteiger partial charge >= 0.3 is 0 Å². The van der Waals surface area contributed by atoms with Crippen molar-refractivity contribution in [2.45, 2.75) is 37.6 Å². The molecule has 2 heterocycles. The molecule has 16 heavy (non-hydrogen) atoms. The topological polar surface area (TPSA) is 54.5 Å². The molecule has 0 fully saturated rings. The highest BCUT2D eigenvalue weighted by Crippen LogP contribution is 2.20. The quantitative estimate of drug-likeness (QED) is 0.834. The second-order valence-electron chi connectivity index (χ2n) is 3.47. The maximum Gasteiger partial charge on any atom is 0.208 e. The lowest BCUT2D eigenvalue weighted by Crippen LogP contribution is -1.85. The Kier molecular flexibility index (Phi) is 3.95. The molecule has 6 heteroatoms. The Bertz CT molecular complexity index is 449. The monoisotopic (exact) mass is 254 g/mol. The number of aromatic nitrogens is 4. The molecule has 4 nitrogen and oxygen atoms in total. The van der Waals surface area contributed by atoms with Gasteiger partial charge in [0.1, 0.15) is 5.82 Å². The molecule has 0 atom stereocenters. The minimum absolute atomic E-state index is 0.794. The number of nitrogens with zero attached hydrogens (tertiary/aromatic N) is 3. The maximum absolute atomic E-state index is 4.55. The molecule has 1 N–H and O–H groups in total. The van der Waals surface area contributed by atoms with Gasteiger partial charge in [-0.15, -0.1) is 16.4 Å². The number of hydrogen-bond acceptors (Lipinski definition) is 5. The summed E-state index contributed by atoms with van der Waals surface area (Å²) >= 11 is 3.36. The number of aromatic amines is 1. The molecule has 0 radical (unpaired) electrons. The second-order valence-corrected chi connectivity index (χ2v) is 5.36. The van der Waals surface area contributed by atoms with Crippen molar-refractivity contribution in [2.75, 3.05) is 0 Å². The molecule has 0 aliphatic carbocycles. The zero-order chi connectivity index (χ0) is 11.4. The number of rotatable bonds is 5. The van der Waals surface area contributed by atoms with Crippen molar-refractivity contribution in [1.29, 1.82) is 0 Å². The summed E-state index contributed by atoms with van der Waals surface area (Å²) in [5, 5.41) is 11.0. The Morgan fingerprint density at radius 3 is 3.00 bits per heavy atom. The molecule has 86 valence electrons. The van der Waals surface area contributed by atoms with Gasteiger partial charge in [0, 0.05) is 11.1 Å². The lowest BCUT2D eigenvalue weighted by atomic mass is 10.3. The van der Waals surface area contributed by atoms with E-state index in [-0.39, 0.29) is 0 Å². The van der Waals surface area contributed by atoms with Crippen LogP contribution in [0.15, 0.2) is 10.5 Å². The van der Waals surface area contributed by atoms with Crippen molar-refractivity contribution < 1.29 is 0 Å². The van der Waals surface area contributed by atoms with E-state index in [1.54, 1.807) is 23.1 Å². The molecule has 2 aromatic rings. The van der Waals surface area contributed by atoms with E-state index in [4.69, 9.17) is 0 Å². The molecule has 0 aliphatic heterocycles. The fourth-order valence-electron chi connectivity index (χ4n) is 1.27. The van der Waals surface area contributed by atoms with Crippen molar-refractivity contribution in [1.82, 2.24) is 20.2 Å². The minimum atomic E-state index is 0.794. The predicted molar refractivity (Wildman–Crippen MR) is 66.8 cm³/mol. The van der Waals surface area contributed by atoms with E-state index in [2.05, 4.69) is 32.5 Å². The molecule has 0 spiro atoms. The van der Waals surface area contributed by atoms with Gasteiger partial charge < -0.3 is 0 Å². The van der Waals surface area contributed by atoms with Gasteiger partial charge in [-0.3, -0.25) is 5.10 Å². The summed E-state index contributed by atoms with van der Waals surface area (Å²) in [6.07, 6.45) is 2.23. The summed E-state index contributed by atoms with van der Waals surface area (Å²) in [6, 6.07) is 0. The molecule has 0 saturated carbocycles. The van der Waals surface area contributed by atoms with Crippen LogP contribution in [0.3, 0.4) is 0 Å². The van der Waals surface area contributed by atoms with Crippen molar-refractivity contribution in [3.8, 4) is 0 Å². The van der Waals surface area contributed by atoms with Crippen LogP contribution in [0.4, 0.5) is 0 Å². The Hall–Kier alpha value is -0.880. The van der Waals surface area contributed by atoms with E-state index < -0.39 is 0 Å². The standard InChI is InChI=1S/C10H14N4S2/c1-3-4-9-12-8(5-15-9)6-16-10-11-7(2)13-14-10/h5H,3-4,6H2,1-2H3,(H,11,13,14). The van der Waals surface area contributed by atoms with Gasteiger partial charge in [0.05, 0.1) is 10.7 Å². The van der Waals surface area contributed by atoms with Crippen LogP contribution in [0.5, 0.6) is 0 Å². The van der Waals surface area contributed by atoms with Gasteiger partial charge in [-0.25, -0.2) is 9.97 Å². The molecule has 0 unspecified atom stereocenters. The molecular formula is C10H14N4S2. The third-order valence-corrected chi connectivity index (χ3v) is 3.83. The van der Waals surface area contributed by atoms with Gasteiger partial charge in [0.2, 0.25) is 5.16 Å². The minimum Gasteiger partial charge on any atom is -0.262 e. The summed E-state index contributed by atoms with van der Waals surface area (Å²) in [4.78, 5) is 8.79. The lowest BCUT2D eigenvalue weighted by Gasteiger charge is -1.92. The van der Waals surface area contributed by atoms with E-state index >= 15 is 0 Å². The Morgan fingerprint density at radius 2 is 2.31 bits per heavy atom. The molecule has 0 amide bonds. The molecule has 2 rings (SSSR count). The first-order chi connectivity index (χ1) is 7.78. The summed E-state index contributed by atoms with van der Waals surface area (Å²) < 4.78 is 0. The number of aryl methyl sites for hydroxylation is 2. The average molecular weight is 254 g/mol. The largest absolute Gasteiger partial charge is 0.262 e. The van der Waals surface area contributed by atoms with Crippen LogP contribution in [-0.2, 0) is 12.2 Å². The second kappa shape index (κ2) is 5.45. The van der Waals surface area contributed by atoms with Gasteiger partial charge in [0.15, 0.2) is 0 Å². The van der Waals surface area contributed by atoms with E-state index in [0.29, 0.717) is 0 Å². The Labute approximate surface area is 103 Å². The third-order valence-electron chi connectivity index (χ3n) is 1.99. The normalized spacial score (nSPS) is 10.9. The zero-order valence-corrected chi connectivity index (χ0v) is 11.0. The van der Waals surface area contributed by atoms with Crippen LogP contribution in [0, 0.1) is 6.92 Å². The maximum atomic E-state index is 4.55. The molecule has 0 saturated heterocycles. The van der Waals surface area contributed by atoms with Gasteiger partial charge in [-0.1, -0.05) is 18.7 Å². The first-order valence-corrected chi connectivity index (χ1v) is 7.09. The molecular weight excluding hydrogens is 240 g/mol. The van der Waals surface area contributed by atoms with Gasteiger partial charge in [-0.05, 0) is 19.8 Å². The SMILES string of the molecule is CCCc1nc(CSc2n[nH]c(C)n2)cs1. The summed E-state index contributed by atoms with van der Waals surface area (Å²) in [5.41, 5.74) is 1.13. The van der Waals surface area contributed by atoms with Crippen LogP contribution in [0.2, 0.25) is 0 Å². The van der Waals surface area contributed by atoms with E-state index in [1.807, 2.05) is 6.92 Å². The van der Waals surface area contributed by atoms with Crippen LogP contribution in [0.1, 0.15) is 29.9 Å². The number of thioether (sulfide) groups is 1. The Balaban J connectivity index is 1.89. The van der Waals surface area contributed by atoms with Gasteiger partial charge in [-0.2, -0.15) is 0 Å². The van der Waals surface area contributed by atoms with Crippen molar-refractivity contribution >= 4 is 23.1 Å². The molecule has 0 bridgehead atoms. The van der Waals surface area contributed by atoms with E-state index in [1.165, 1.54) is 5.01 Å². The Morgan fingerprint density at radius 1 is 1.44 bits per heavy atom. The highest BCUT2D eigenvalue weighted by molar-refractivity contribution is 7.98. The summed E-state index contributed by atoms with van der Waals surface area (Å²) in [7, 11) is 0. The zero-order valence-electron chi connectivity index (χ0n) is 9.36. The third kappa shape index (κ3) is 3.05. The highest BCUT2D eigenvalue weighted by atomic mass is 32.2. The van der Waals surface area contributed by atoms with Crippen molar-refractivity contribution in [3.63, 3.8) is 0 Å². The fourth-order valence-corrected chi connectivity index (χ4v) is 3.01. The number of nitrogens with one attached hydrogen (secondary N) is 1. The number of thiazole rings is 1. The van der Waals surface area contributed by atoms with Crippen LogP contribution in [-0.4, -0.2) is 20.2 Å². The highest BCUT2D eigenvalue weighted by Gasteiger charge is 2.04. The summed E-state index contributed by atoms with van der Waals surface area (Å²) in [5.74, 6) is 1.70.